The van der Waals surface area contributed by atoms with E-state index in [1.54, 1.807) is 25.4 Å². The zero-order valence-corrected chi connectivity index (χ0v) is 5.58. The van der Waals surface area contributed by atoms with E-state index in [1.165, 1.54) is 0 Å². The summed E-state index contributed by atoms with van der Waals surface area (Å²) in [7, 11) is 2.67. The van der Waals surface area contributed by atoms with E-state index in [2.05, 4.69) is 4.83 Å². The van der Waals surface area contributed by atoms with Crippen LogP contribution in [0.25, 0.3) is 0 Å². The number of nitrogens with one attached hydrogen (secondary N) is 1. The Morgan fingerprint density at radius 1 is 1.57 bits per heavy atom. The van der Waals surface area contributed by atoms with Crippen LogP contribution >= 0.6 is 0 Å². The number of hydrazine groups is 1. The summed E-state index contributed by atoms with van der Waals surface area (Å²) in [5.41, 5.74) is 0. The van der Waals surface area contributed by atoms with Gasteiger partial charge in [-0.3, -0.25) is 0 Å². The van der Waals surface area contributed by atoms with Gasteiger partial charge in [-0.25, -0.2) is 9.22 Å². The van der Waals surface area contributed by atoms with Crippen molar-refractivity contribution in [2.45, 2.75) is 0 Å². The van der Waals surface area contributed by atoms with E-state index < -0.39 is 11.0 Å². The summed E-state index contributed by atoms with van der Waals surface area (Å²) in [6, 6.07) is 0. The molecule has 0 saturated heterocycles. The van der Waals surface area contributed by atoms with Gasteiger partial charge < -0.3 is 0 Å². The maximum Gasteiger partial charge on any atom is 0.102 e. The van der Waals surface area contributed by atoms with Gasteiger partial charge in [-0.1, -0.05) is 0 Å². The summed E-state index contributed by atoms with van der Waals surface area (Å²) in [6.45, 7) is 0. The van der Waals surface area contributed by atoms with Crippen molar-refractivity contribution in [1.82, 2.24) is 9.84 Å². The van der Waals surface area contributed by atoms with Crippen molar-refractivity contribution in [1.29, 1.82) is 0 Å². The van der Waals surface area contributed by atoms with Crippen LogP contribution in [0, 0.1) is 0 Å². The maximum absolute atomic E-state index is 10.2. The van der Waals surface area contributed by atoms with Crippen molar-refractivity contribution >= 4 is 11.0 Å². The predicted molar refractivity (Wildman–Crippen MR) is 30.9 cm³/mol. The molecule has 1 unspecified atom stereocenters. The van der Waals surface area contributed by atoms with E-state index in [9.17, 15) is 4.21 Å². The molecule has 0 rings (SSSR count). The first-order valence-corrected chi connectivity index (χ1v) is 3.46. The Kier molecular flexibility index (Phi) is 3.15. The van der Waals surface area contributed by atoms with Crippen molar-refractivity contribution in [3.8, 4) is 0 Å². The van der Waals surface area contributed by atoms with Crippen molar-refractivity contribution in [3.63, 3.8) is 0 Å². The van der Waals surface area contributed by atoms with E-state index in [-0.39, 0.29) is 0 Å². The lowest BCUT2D eigenvalue weighted by molar-refractivity contribution is 0.377. The molecule has 0 aromatic heterocycles. The summed E-state index contributed by atoms with van der Waals surface area (Å²) in [5, 5.41) is 1.65. The molecular formula is C3H10N2OS. The zero-order chi connectivity index (χ0) is 5.86. The molecule has 1 atom stereocenters. The average Bonchev–Trinajstić information content (AvgIpc) is 1.27. The fourth-order valence-corrected chi connectivity index (χ4v) is 0.771. The lowest BCUT2D eigenvalue weighted by Crippen LogP contribution is -2.31. The molecule has 3 nitrogen and oxygen atoms in total. The Morgan fingerprint density at radius 2 is 2.00 bits per heavy atom. The minimum atomic E-state index is -0.920. The van der Waals surface area contributed by atoms with Crippen molar-refractivity contribution in [2.24, 2.45) is 0 Å². The standard InChI is InChI=1S/C3H10N2OS/c1-5(2)4-7(3)6/h4H,1-3H3. The van der Waals surface area contributed by atoms with E-state index in [0.717, 1.165) is 0 Å². The molecule has 0 spiro atoms. The molecule has 0 aromatic carbocycles. The highest BCUT2D eigenvalue weighted by atomic mass is 32.2. The van der Waals surface area contributed by atoms with Crippen LogP contribution in [0.3, 0.4) is 0 Å². The summed E-state index contributed by atoms with van der Waals surface area (Å²) in [6.07, 6.45) is 1.58. The van der Waals surface area contributed by atoms with Gasteiger partial charge in [-0.15, -0.1) is 0 Å². The van der Waals surface area contributed by atoms with Crippen LogP contribution in [0.1, 0.15) is 0 Å². The Morgan fingerprint density at radius 3 is 2.00 bits per heavy atom. The normalized spacial score (nSPS) is 14.9. The number of hydrogen-bond acceptors (Lipinski definition) is 2. The molecular weight excluding hydrogens is 112 g/mol. The van der Waals surface area contributed by atoms with Crippen LogP contribution in [0.2, 0.25) is 0 Å². The third kappa shape index (κ3) is 6.07. The van der Waals surface area contributed by atoms with Crippen LogP contribution in [-0.2, 0) is 11.0 Å². The smallest absolute Gasteiger partial charge is 0.102 e. The first-order chi connectivity index (χ1) is 3.13. The summed E-state index contributed by atoms with van der Waals surface area (Å²) < 4.78 is 10.2. The maximum atomic E-state index is 10.2. The molecule has 0 fully saturated rings. The molecule has 0 heterocycles. The first kappa shape index (κ1) is 7.07. The van der Waals surface area contributed by atoms with Crippen molar-refractivity contribution < 1.29 is 4.21 Å². The lowest BCUT2D eigenvalue weighted by Gasteiger charge is -2.06. The van der Waals surface area contributed by atoms with Gasteiger partial charge in [0.1, 0.15) is 11.0 Å². The molecule has 4 heteroatoms. The topological polar surface area (TPSA) is 32.3 Å². The number of nitrogens with zero attached hydrogens (tertiary/aromatic N) is 1. The van der Waals surface area contributed by atoms with Gasteiger partial charge in [0.15, 0.2) is 0 Å². The highest BCUT2D eigenvalue weighted by Gasteiger charge is 1.86. The third-order valence-corrected chi connectivity index (χ3v) is 0.933. The van der Waals surface area contributed by atoms with Gasteiger partial charge in [-0.2, -0.15) is 4.83 Å². The Labute approximate surface area is 46.3 Å². The summed E-state index contributed by atoms with van der Waals surface area (Å²) in [5.74, 6) is 0. The molecule has 1 N–H and O–H groups in total. The molecule has 7 heavy (non-hydrogen) atoms. The quantitative estimate of drug-likeness (QED) is 0.493. The predicted octanol–water partition coefficient (Wildman–Crippen LogP) is -0.654. The molecule has 0 aromatic rings. The van der Waals surface area contributed by atoms with Crippen LogP contribution in [-0.4, -0.2) is 29.6 Å². The average molecular weight is 122 g/mol. The molecule has 0 aliphatic rings. The van der Waals surface area contributed by atoms with Gasteiger partial charge in [-0.05, 0) is 0 Å². The molecule has 0 radical (unpaired) electrons. The highest BCUT2D eigenvalue weighted by molar-refractivity contribution is 7.82. The highest BCUT2D eigenvalue weighted by Crippen LogP contribution is 1.64. The second-order valence-electron chi connectivity index (χ2n) is 1.44. The Bertz CT molecular complexity index is 73.3. The fraction of sp³-hybridized carbons (Fsp3) is 1.00. The molecule has 0 saturated carbocycles. The van der Waals surface area contributed by atoms with Crippen LogP contribution in [0.15, 0.2) is 0 Å². The number of rotatable bonds is 2. The largest absolute Gasteiger partial charge is 0.242 e. The Hall–Kier alpha value is 0.0700. The van der Waals surface area contributed by atoms with Gasteiger partial charge in [0, 0.05) is 20.4 Å². The molecule has 44 valence electrons. The Balaban J connectivity index is 3.13. The first-order valence-electron chi connectivity index (χ1n) is 1.90. The minimum absolute atomic E-state index is 0.920. The van der Waals surface area contributed by atoms with Gasteiger partial charge >= 0.3 is 0 Å². The van der Waals surface area contributed by atoms with E-state index in [1.807, 2.05) is 0 Å². The van der Waals surface area contributed by atoms with E-state index >= 15 is 0 Å². The van der Waals surface area contributed by atoms with Crippen LogP contribution in [0.5, 0.6) is 0 Å². The fourth-order valence-electron chi connectivity index (χ4n) is 0.257. The summed E-state index contributed by atoms with van der Waals surface area (Å²) >= 11 is 0. The van der Waals surface area contributed by atoms with Crippen LogP contribution in [0.4, 0.5) is 0 Å². The number of hydrogen-bond donors (Lipinski definition) is 1. The summed E-state index contributed by atoms with van der Waals surface area (Å²) in [4.78, 5) is 2.61. The van der Waals surface area contributed by atoms with Crippen LogP contribution < -0.4 is 4.83 Å². The van der Waals surface area contributed by atoms with Gasteiger partial charge in [0.25, 0.3) is 0 Å². The van der Waals surface area contributed by atoms with E-state index in [4.69, 9.17) is 0 Å². The second kappa shape index (κ2) is 3.12. The monoisotopic (exact) mass is 122 g/mol. The zero-order valence-electron chi connectivity index (χ0n) is 4.76. The SMILES string of the molecule is CN(C)NS(C)=O. The third-order valence-electron chi connectivity index (χ3n) is 0.311. The van der Waals surface area contributed by atoms with Crippen molar-refractivity contribution in [3.05, 3.63) is 0 Å². The van der Waals surface area contributed by atoms with Gasteiger partial charge in [0.2, 0.25) is 0 Å². The minimum Gasteiger partial charge on any atom is -0.242 e. The van der Waals surface area contributed by atoms with Crippen molar-refractivity contribution in [2.75, 3.05) is 20.4 Å². The molecule has 0 aliphatic heterocycles. The second-order valence-corrected chi connectivity index (χ2v) is 2.53. The van der Waals surface area contributed by atoms with E-state index in [0.29, 0.717) is 0 Å². The molecule has 0 amide bonds. The lowest BCUT2D eigenvalue weighted by atomic mass is 11.2. The molecule has 0 bridgehead atoms. The van der Waals surface area contributed by atoms with Gasteiger partial charge in [0.05, 0.1) is 0 Å². The molecule has 0 aliphatic carbocycles.